The summed E-state index contributed by atoms with van der Waals surface area (Å²) in [5, 5.41) is 8.24. The van der Waals surface area contributed by atoms with Gasteiger partial charge < -0.3 is 33.9 Å². The van der Waals surface area contributed by atoms with E-state index in [1.165, 1.54) is 0 Å². The number of piperidine rings is 1. The highest BCUT2D eigenvalue weighted by atomic mass is 16.5. The zero-order chi connectivity index (χ0) is 35.9. The minimum Gasteiger partial charge on any atom is -0.493 e. The van der Waals surface area contributed by atoms with Gasteiger partial charge in [-0.25, -0.2) is 9.97 Å². The van der Waals surface area contributed by atoms with Gasteiger partial charge in [0, 0.05) is 94.5 Å². The van der Waals surface area contributed by atoms with E-state index < -0.39 is 0 Å². The van der Waals surface area contributed by atoms with Crippen LogP contribution < -0.4 is 24.4 Å². The Bertz CT molecular complexity index is 1820. The Hall–Kier alpha value is -4.85. The first kappa shape index (κ1) is 36.0. The molecule has 1 N–H and O–H groups in total. The first-order valence-electron chi connectivity index (χ1n) is 17.8. The first-order valence-corrected chi connectivity index (χ1v) is 17.8. The lowest BCUT2D eigenvalue weighted by Crippen LogP contribution is -2.45. The summed E-state index contributed by atoms with van der Waals surface area (Å²) in [4.78, 5) is 43.3. The molecule has 1 atom stereocenters. The third-order valence-corrected chi connectivity index (χ3v) is 10.1. The third kappa shape index (κ3) is 8.38. The van der Waals surface area contributed by atoms with E-state index >= 15 is 0 Å². The van der Waals surface area contributed by atoms with Crippen molar-refractivity contribution in [2.24, 2.45) is 20.0 Å². The van der Waals surface area contributed by atoms with Crippen molar-refractivity contribution >= 4 is 28.5 Å². The Kier molecular flexibility index (Phi) is 11.6. The highest BCUT2D eigenvalue weighted by molar-refractivity contribution is 5.92. The van der Waals surface area contributed by atoms with Gasteiger partial charge in [0.05, 0.1) is 39.9 Å². The topological polar surface area (TPSA) is 132 Å². The Morgan fingerprint density at radius 1 is 0.980 bits per heavy atom. The molecule has 6 rings (SSSR count). The van der Waals surface area contributed by atoms with Gasteiger partial charge in [-0.15, -0.1) is 0 Å². The van der Waals surface area contributed by atoms with Gasteiger partial charge in [-0.1, -0.05) is 0 Å². The molecule has 1 fully saturated rings. The summed E-state index contributed by atoms with van der Waals surface area (Å²) >= 11 is 0. The predicted molar refractivity (Wildman–Crippen MR) is 194 cm³/mol. The van der Waals surface area contributed by atoms with E-state index in [4.69, 9.17) is 19.2 Å². The number of benzene rings is 1. The smallest absolute Gasteiger partial charge is 0.239 e. The fraction of sp³-hybridized carbons (Fsp3) is 0.541. The lowest BCUT2D eigenvalue weighted by Gasteiger charge is -2.36. The monoisotopic (exact) mass is 701 g/mol. The van der Waals surface area contributed by atoms with E-state index in [2.05, 4.69) is 35.8 Å². The van der Waals surface area contributed by atoms with Crippen LogP contribution in [0.3, 0.4) is 0 Å². The number of fused-ring (bicyclic) bond motifs is 5. The number of amides is 2. The second kappa shape index (κ2) is 16.4. The Morgan fingerprint density at radius 3 is 2.53 bits per heavy atom. The number of imidazole rings is 1. The van der Waals surface area contributed by atoms with Crippen molar-refractivity contribution in [1.29, 1.82) is 0 Å². The second-order valence-electron chi connectivity index (χ2n) is 13.6. The zero-order valence-corrected chi connectivity index (χ0v) is 30.6. The molecule has 2 aliphatic heterocycles. The van der Waals surface area contributed by atoms with Gasteiger partial charge in [-0.2, -0.15) is 5.10 Å². The summed E-state index contributed by atoms with van der Waals surface area (Å²) in [5.74, 6) is 3.65. The number of aryl methyl sites for hydroxylation is 3. The molecule has 2 bridgehead atoms. The number of hydrogen-bond acceptors (Lipinski definition) is 10. The quantitative estimate of drug-likeness (QED) is 0.292. The Balaban J connectivity index is 1.33. The summed E-state index contributed by atoms with van der Waals surface area (Å²) in [6.45, 7) is 4.75. The first-order chi connectivity index (χ1) is 24.8. The van der Waals surface area contributed by atoms with Gasteiger partial charge in [-0.05, 0) is 56.7 Å². The minimum absolute atomic E-state index is 0.0194. The van der Waals surface area contributed by atoms with Gasteiger partial charge in [0.15, 0.2) is 11.5 Å². The van der Waals surface area contributed by atoms with Crippen LogP contribution in [-0.4, -0.2) is 107 Å². The average Bonchev–Trinajstić information content (AvgIpc) is 3.75. The van der Waals surface area contributed by atoms with Gasteiger partial charge >= 0.3 is 0 Å². The van der Waals surface area contributed by atoms with E-state index in [9.17, 15) is 9.59 Å². The molecule has 4 aromatic rings. The number of aromatic nitrogens is 5. The molecule has 5 heterocycles. The summed E-state index contributed by atoms with van der Waals surface area (Å²) in [7, 11) is 8.76. The number of hydrogen-bond donors (Lipinski definition) is 1. The van der Waals surface area contributed by atoms with Gasteiger partial charge in [0.1, 0.15) is 11.6 Å². The maximum atomic E-state index is 13.5. The predicted octanol–water partition coefficient (Wildman–Crippen LogP) is 3.32. The number of rotatable bonds is 8. The molecule has 2 amide bonds. The zero-order valence-electron chi connectivity index (χ0n) is 30.6. The van der Waals surface area contributed by atoms with Crippen molar-refractivity contribution < 1.29 is 23.8 Å². The van der Waals surface area contributed by atoms with E-state index in [1.807, 2.05) is 38.6 Å². The van der Waals surface area contributed by atoms with Crippen LogP contribution in [0.25, 0.3) is 10.9 Å². The number of nitrogens with zero attached hydrogens (tertiary/aromatic N) is 8. The van der Waals surface area contributed by atoms with Crippen molar-refractivity contribution in [3.63, 3.8) is 0 Å². The molecule has 0 aliphatic carbocycles. The van der Waals surface area contributed by atoms with Crippen LogP contribution in [0.5, 0.6) is 17.2 Å². The van der Waals surface area contributed by atoms with Crippen LogP contribution in [0.1, 0.15) is 49.2 Å². The highest BCUT2D eigenvalue weighted by Gasteiger charge is 2.28. The summed E-state index contributed by atoms with van der Waals surface area (Å²) in [6.07, 6.45) is 9.99. The molecule has 1 unspecified atom stereocenters. The minimum atomic E-state index is -0.123. The molecule has 14 heteroatoms. The van der Waals surface area contributed by atoms with Crippen LogP contribution >= 0.6 is 0 Å². The van der Waals surface area contributed by atoms with Crippen LogP contribution in [-0.2, 0) is 43.2 Å². The molecule has 0 spiro atoms. The maximum absolute atomic E-state index is 13.5. The average molecular weight is 702 g/mol. The van der Waals surface area contributed by atoms with E-state index in [0.29, 0.717) is 56.3 Å². The van der Waals surface area contributed by atoms with Crippen molar-refractivity contribution in [3.05, 3.63) is 53.9 Å². The number of methoxy groups -OCH3 is 3. The van der Waals surface area contributed by atoms with Crippen molar-refractivity contribution in [3.8, 4) is 17.2 Å². The van der Waals surface area contributed by atoms with Crippen molar-refractivity contribution in [2.45, 2.75) is 51.6 Å². The largest absolute Gasteiger partial charge is 0.493 e. The highest BCUT2D eigenvalue weighted by Crippen LogP contribution is 2.44. The van der Waals surface area contributed by atoms with E-state index in [1.54, 1.807) is 37.1 Å². The molecule has 2 aliphatic rings. The molecule has 0 radical (unpaired) electrons. The van der Waals surface area contributed by atoms with Crippen LogP contribution in [0.2, 0.25) is 0 Å². The molecule has 1 aromatic carbocycles. The number of carbonyl (C=O) groups is 2. The third-order valence-electron chi connectivity index (χ3n) is 10.1. The number of ether oxygens (including phenoxy) is 3. The summed E-state index contributed by atoms with van der Waals surface area (Å²) < 4.78 is 21.2. The molecular formula is C37H51N9O5. The molecule has 1 saturated heterocycles. The number of anilines is 1. The molecule has 51 heavy (non-hydrogen) atoms. The summed E-state index contributed by atoms with van der Waals surface area (Å²) in [5.41, 5.74) is 2.83. The van der Waals surface area contributed by atoms with E-state index in [0.717, 1.165) is 79.1 Å². The van der Waals surface area contributed by atoms with Gasteiger partial charge in [0.2, 0.25) is 17.6 Å². The molecule has 274 valence electrons. The lowest BCUT2D eigenvalue weighted by atomic mass is 9.97. The fourth-order valence-electron chi connectivity index (χ4n) is 7.30. The summed E-state index contributed by atoms with van der Waals surface area (Å²) in [6, 6.07) is 6.02. The molecule has 3 aromatic heterocycles. The van der Waals surface area contributed by atoms with E-state index in [-0.39, 0.29) is 24.3 Å². The SMILES string of the molecule is COc1cc2nc3c(cc2c(OC)c1OC)CN(Cc1nccn1C)CCCCN(C(=O)CCc1ccnn1C)CC(=O)NCC1CCCN3C1. The molecule has 14 nitrogen and oxygen atoms in total. The van der Waals surface area contributed by atoms with Gasteiger partial charge in [-0.3, -0.25) is 19.2 Å². The van der Waals surface area contributed by atoms with Crippen molar-refractivity contribution in [2.75, 3.05) is 65.5 Å². The van der Waals surface area contributed by atoms with Gasteiger partial charge in [0.25, 0.3) is 0 Å². The lowest BCUT2D eigenvalue weighted by molar-refractivity contribution is -0.136. The second-order valence-corrected chi connectivity index (χ2v) is 13.6. The van der Waals surface area contributed by atoms with Crippen LogP contribution in [0.15, 0.2) is 36.8 Å². The van der Waals surface area contributed by atoms with Crippen molar-refractivity contribution in [1.82, 2.24) is 39.4 Å². The molecule has 0 saturated carbocycles. The number of pyridine rings is 1. The Morgan fingerprint density at radius 2 is 1.80 bits per heavy atom. The standard InChI is InChI=1S/C37H51N9O5/c1-42-18-14-38-32(42)24-44-15-6-7-16-45(34(48)11-10-28-12-13-40-43(28)2)25-33(47)39-21-26-9-8-17-46(22-26)37-27(23-44)19-29-30(41-37)20-31(49-3)36(51-5)35(29)50-4/h12-14,18-20,26H,6-11,15-17,21-25H2,1-5H3,(H,39,47). The normalized spacial score (nSPS) is 18.0. The maximum Gasteiger partial charge on any atom is 0.239 e. The van der Waals surface area contributed by atoms with Crippen LogP contribution in [0.4, 0.5) is 5.82 Å². The van der Waals surface area contributed by atoms with Crippen LogP contribution in [0, 0.1) is 5.92 Å². The Labute approximate surface area is 299 Å². The number of nitrogens with one attached hydrogen (secondary N) is 1. The fourth-order valence-corrected chi connectivity index (χ4v) is 7.30. The number of carbonyl (C=O) groups excluding carboxylic acids is 2. The molecular weight excluding hydrogens is 650 g/mol.